The number of nitrogens with zero attached hydrogens (tertiary/aromatic N) is 1. The third-order valence-corrected chi connectivity index (χ3v) is 8.04. The monoisotopic (exact) mass is 433 g/mol. The third kappa shape index (κ3) is 5.45. The van der Waals surface area contributed by atoms with E-state index >= 15 is 0 Å². The first-order valence-corrected chi connectivity index (χ1v) is 12.0. The number of anilines is 1. The van der Waals surface area contributed by atoms with Crippen molar-refractivity contribution in [3.63, 3.8) is 0 Å². The number of carbonyl (C=O) groups excluding carboxylic acids is 1. The summed E-state index contributed by atoms with van der Waals surface area (Å²) in [6, 6.07) is 9.72. The molecule has 1 fully saturated rings. The lowest BCUT2D eigenvalue weighted by Gasteiger charge is -2.34. The minimum absolute atomic E-state index is 0.198. The molecule has 0 atom stereocenters. The lowest BCUT2D eigenvalue weighted by atomic mass is 9.72. The van der Waals surface area contributed by atoms with Gasteiger partial charge in [0.15, 0.2) is 0 Å². The van der Waals surface area contributed by atoms with E-state index in [0.29, 0.717) is 5.92 Å². The predicted octanol–water partition coefficient (Wildman–Crippen LogP) is 4.87. The van der Waals surface area contributed by atoms with Gasteiger partial charge in [0.25, 0.3) is 15.9 Å². The average Bonchev–Trinajstić information content (AvgIpc) is 3.22. The molecule has 1 amide bonds. The van der Waals surface area contributed by atoms with Gasteiger partial charge in [0.1, 0.15) is 4.21 Å². The second kappa shape index (κ2) is 8.67. The first-order chi connectivity index (χ1) is 13.7. The van der Waals surface area contributed by atoms with Gasteiger partial charge in [-0.15, -0.1) is 11.3 Å². The molecule has 1 aliphatic carbocycles. The van der Waals surface area contributed by atoms with Gasteiger partial charge >= 0.3 is 0 Å². The highest BCUT2D eigenvalue weighted by Crippen LogP contribution is 2.36. The van der Waals surface area contributed by atoms with Crippen LogP contribution < -0.4 is 10.1 Å². The number of benzene rings is 1. The summed E-state index contributed by atoms with van der Waals surface area (Å²) in [7, 11) is -3.73. The van der Waals surface area contributed by atoms with Crippen LogP contribution in [-0.2, 0) is 10.0 Å². The van der Waals surface area contributed by atoms with Gasteiger partial charge in [0.2, 0.25) is 0 Å². The molecule has 29 heavy (non-hydrogen) atoms. The van der Waals surface area contributed by atoms with Gasteiger partial charge in [0.05, 0.1) is 11.3 Å². The highest BCUT2D eigenvalue weighted by molar-refractivity contribution is 7.94. The number of para-hydroxylation sites is 1. The van der Waals surface area contributed by atoms with Crippen LogP contribution in [0, 0.1) is 11.3 Å². The summed E-state index contributed by atoms with van der Waals surface area (Å²) in [5.74, 6) is 0.226. The number of thiophene rings is 1. The van der Waals surface area contributed by atoms with Crippen molar-refractivity contribution in [2.75, 3.05) is 4.72 Å². The van der Waals surface area contributed by atoms with Crippen LogP contribution in [0.1, 0.15) is 56.8 Å². The summed E-state index contributed by atoms with van der Waals surface area (Å²) >= 11 is 1.12. The zero-order valence-corrected chi connectivity index (χ0v) is 18.6. The Hall–Kier alpha value is -2.19. The van der Waals surface area contributed by atoms with Crippen LogP contribution in [0.5, 0.6) is 0 Å². The average molecular weight is 434 g/mol. The maximum absolute atomic E-state index is 12.7. The van der Waals surface area contributed by atoms with E-state index in [1.54, 1.807) is 35.7 Å². The summed E-state index contributed by atoms with van der Waals surface area (Å²) in [6.07, 6.45) is 3.87. The summed E-state index contributed by atoms with van der Waals surface area (Å²) in [4.78, 5) is 12.7. The second-order valence-corrected chi connectivity index (χ2v) is 11.2. The number of carbonyl (C=O) groups is 1. The molecule has 8 heteroatoms. The Labute approximate surface area is 176 Å². The molecule has 6 nitrogen and oxygen atoms in total. The van der Waals surface area contributed by atoms with Gasteiger partial charge in [0, 0.05) is 5.71 Å². The van der Waals surface area contributed by atoms with Gasteiger partial charge in [-0.3, -0.25) is 9.52 Å². The first kappa shape index (κ1) is 21.5. The van der Waals surface area contributed by atoms with E-state index < -0.39 is 15.9 Å². The van der Waals surface area contributed by atoms with Crippen molar-refractivity contribution < 1.29 is 13.2 Å². The van der Waals surface area contributed by atoms with Crippen LogP contribution in [0.2, 0.25) is 0 Å². The molecule has 2 aromatic rings. The number of hydrazone groups is 1. The fourth-order valence-corrected chi connectivity index (χ4v) is 5.57. The molecule has 0 saturated heterocycles. The Morgan fingerprint density at radius 2 is 1.79 bits per heavy atom. The third-order valence-electron chi connectivity index (χ3n) is 5.28. The highest BCUT2D eigenvalue weighted by atomic mass is 32.2. The molecule has 0 radical (unpaired) electrons. The molecule has 0 bridgehead atoms. The number of nitrogens with one attached hydrogen (secondary N) is 2. The van der Waals surface area contributed by atoms with Crippen molar-refractivity contribution in [2.45, 2.75) is 50.7 Å². The van der Waals surface area contributed by atoms with Crippen molar-refractivity contribution in [3.05, 3.63) is 47.3 Å². The van der Waals surface area contributed by atoms with Crippen molar-refractivity contribution in [2.24, 2.45) is 16.4 Å². The topological polar surface area (TPSA) is 87.6 Å². The molecule has 0 aliphatic heterocycles. The zero-order chi connectivity index (χ0) is 21.1. The Balaban J connectivity index is 1.68. The van der Waals surface area contributed by atoms with Crippen LogP contribution in [0.25, 0.3) is 0 Å². The van der Waals surface area contributed by atoms with Crippen LogP contribution in [0.3, 0.4) is 0 Å². The molecule has 0 spiro atoms. The Morgan fingerprint density at radius 1 is 1.10 bits per heavy atom. The van der Waals surface area contributed by atoms with Crippen molar-refractivity contribution in [1.29, 1.82) is 0 Å². The van der Waals surface area contributed by atoms with E-state index in [9.17, 15) is 13.2 Å². The number of rotatable bonds is 5. The quantitative estimate of drug-likeness (QED) is 0.659. The normalized spacial score (nSPS) is 17.6. The van der Waals surface area contributed by atoms with E-state index in [-0.39, 0.29) is 20.9 Å². The fourth-order valence-electron chi connectivity index (χ4n) is 3.50. The van der Waals surface area contributed by atoms with Crippen molar-refractivity contribution >= 4 is 38.7 Å². The molecule has 3 rings (SSSR count). The summed E-state index contributed by atoms with van der Waals surface area (Å²) in [5.41, 5.74) is 4.34. The predicted molar refractivity (Wildman–Crippen MR) is 118 cm³/mol. The molecular weight excluding hydrogens is 406 g/mol. The molecule has 1 heterocycles. The standard InChI is InChI=1S/C21H27N3O3S2/c1-21(2,3)15-10-12-16(13-11-15)22-23-20(25)17-7-4-5-8-18(17)24-29(26,27)19-9-6-14-28-19/h4-9,14-15,24H,10-13H2,1-3H3,(H,23,25). The Bertz CT molecular complexity index is 980. The SMILES string of the molecule is CC(C)(C)C1CCC(=NNC(=O)c2ccccc2NS(=O)(=O)c2cccs2)CC1. The van der Waals surface area contributed by atoms with E-state index in [0.717, 1.165) is 42.7 Å². The summed E-state index contributed by atoms with van der Waals surface area (Å²) < 4.78 is 27.7. The second-order valence-electron chi connectivity index (χ2n) is 8.34. The molecule has 1 aromatic carbocycles. The summed E-state index contributed by atoms with van der Waals surface area (Å²) in [6.45, 7) is 6.78. The number of hydrogen-bond donors (Lipinski definition) is 2. The Kier molecular flexibility index (Phi) is 6.43. The highest BCUT2D eigenvalue weighted by Gasteiger charge is 2.28. The van der Waals surface area contributed by atoms with Gasteiger partial charge in [-0.25, -0.2) is 13.8 Å². The molecular formula is C21H27N3O3S2. The maximum atomic E-state index is 12.7. The van der Waals surface area contributed by atoms with E-state index in [4.69, 9.17) is 0 Å². The minimum Gasteiger partial charge on any atom is -0.278 e. The van der Waals surface area contributed by atoms with Gasteiger partial charge in [-0.2, -0.15) is 5.10 Å². The summed E-state index contributed by atoms with van der Waals surface area (Å²) in [5, 5.41) is 6.00. The maximum Gasteiger partial charge on any atom is 0.273 e. The minimum atomic E-state index is -3.73. The van der Waals surface area contributed by atoms with E-state index in [1.165, 1.54) is 6.07 Å². The molecule has 1 aliphatic rings. The molecule has 2 N–H and O–H groups in total. The zero-order valence-electron chi connectivity index (χ0n) is 16.9. The lowest BCUT2D eigenvalue weighted by molar-refractivity contribution is 0.0955. The van der Waals surface area contributed by atoms with Crippen molar-refractivity contribution in [1.82, 2.24) is 5.43 Å². The molecule has 156 valence electrons. The first-order valence-electron chi connectivity index (χ1n) is 9.68. The molecule has 0 unspecified atom stereocenters. The van der Waals surface area contributed by atoms with E-state index in [1.807, 2.05) is 0 Å². The number of sulfonamides is 1. The molecule has 1 saturated carbocycles. The van der Waals surface area contributed by atoms with Crippen LogP contribution in [-0.4, -0.2) is 20.0 Å². The lowest BCUT2D eigenvalue weighted by Crippen LogP contribution is -2.28. The molecule has 1 aromatic heterocycles. The smallest absolute Gasteiger partial charge is 0.273 e. The number of hydrogen-bond acceptors (Lipinski definition) is 5. The van der Waals surface area contributed by atoms with Crippen LogP contribution in [0.15, 0.2) is 51.1 Å². The van der Waals surface area contributed by atoms with Crippen molar-refractivity contribution in [3.8, 4) is 0 Å². The van der Waals surface area contributed by atoms with E-state index in [2.05, 4.69) is 36.0 Å². The largest absolute Gasteiger partial charge is 0.278 e. The number of amides is 1. The fraction of sp³-hybridized carbons (Fsp3) is 0.429. The van der Waals surface area contributed by atoms with Crippen LogP contribution in [0.4, 0.5) is 5.69 Å². The Morgan fingerprint density at radius 3 is 2.41 bits per heavy atom. The van der Waals surface area contributed by atoms with Gasteiger partial charge in [-0.1, -0.05) is 39.0 Å². The van der Waals surface area contributed by atoms with Gasteiger partial charge in [-0.05, 0) is 60.6 Å². The van der Waals surface area contributed by atoms with Crippen LogP contribution >= 0.6 is 11.3 Å². The van der Waals surface area contributed by atoms with Gasteiger partial charge < -0.3 is 0 Å².